The number of hydrogen-bond donors (Lipinski definition) is 2. The van der Waals surface area contributed by atoms with E-state index in [1.807, 2.05) is 0 Å². The molecule has 4 heterocycles. The molecule has 2 N–H and O–H groups in total. The monoisotopic (exact) mass is 443 g/mol. The number of aromatic nitrogens is 4. The number of amides is 2. The van der Waals surface area contributed by atoms with Gasteiger partial charge in [-0.3, -0.25) is 14.5 Å². The summed E-state index contributed by atoms with van der Waals surface area (Å²) in [6.07, 6.45) is 6.36. The molecule has 5 rings (SSSR count). The van der Waals surface area contributed by atoms with E-state index in [9.17, 15) is 9.59 Å². The summed E-state index contributed by atoms with van der Waals surface area (Å²) in [5, 5.41) is 17.2. The summed E-state index contributed by atoms with van der Waals surface area (Å²) >= 11 is 0. The van der Waals surface area contributed by atoms with Gasteiger partial charge in [-0.15, -0.1) is 0 Å². The van der Waals surface area contributed by atoms with Gasteiger partial charge in [0.15, 0.2) is 5.69 Å². The van der Waals surface area contributed by atoms with E-state index >= 15 is 0 Å². The molecule has 0 aromatic carbocycles. The highest BCUT2D eigenvalue weighted by Crippen LogP contribution is 2.48. The van der Waals surface area contributed by atoms with Gasteiger partial charge in [0.25, 0.3) is 5.91 Å². The minimum atomic E-state index is -0.621. The SMILES string of the molecule is O=C(c1cn[nH]n1)N1CC[C@@H]2C[C@@H](N3CCOCC3)CC[C@@]2(C(=O)NCc2ccon2)C1. The zero-order valence-corrected chi connectivity index (χ0v) is 18.0. The average Bonchev–Trinajstić information content (AvgIpc) is 3.56. The molecule has 11 nitrogen and oxygen atoms in total. The van der Waals surface area contributed by atoms with Gasteiger partial charge >= 0.3 is 0 Å². The minimum absolute atomic E-state index is 0.0106. The van der Waals surface area contributed by atoms with Gasteiger partial charge < -0.3 is 19.5 Å². The van der Waals surface area contributed by atoms with Gasteiger partial charge in [-0.25, -0.2) is 0 Å². The van der Waals surface area contributed by atoms with Crippen molar-refractivity contribution in [2.45, 2.75) is 38.3 Å². The van der Waals surface area contributed by atoms with Gasteiger partial charge in [-0.05, 0) is 31.6 Å². The summed E-state index contributed by atoms with van der Waals surface area (Å²) < 4.78 is 10.4. The molecular weight excluding hydrogens is 414 g/mol. The third kappa shape index (κ3) is 4.02. The van der Waals surface area contributed by atoms with Gasteiger partial charge in [-0.1, -0.05) is 5.16 Å². The number of morpholine rings is 1. The smallest absolute Gasteiger partial charge is 0.276 e. The van der Waals surface area contributed by atoms with Crippen molar-refractivity contribution in [3.63, 3.8) is 0 Å². The van der Waals surface area contributed by atoms with Gasteiger partial charge in [0, 0.05) is 38.3 Å². The largest absolute Gasteiger partial charge is 0.379 e. The molecule has 1 aliphatic carbocycles. The maximum absolute atomic E-state index is 13.6. The number of rotatable bonds is 5. The molecule has 2 aliphatic heterocycles. The third-order valence-corrected chi connectivity index (χ3v) is 7.34. The van der Waals surface area contributed by atoms with Crippen LogP contribution in [0, 0.1) is 11.3 Å². The summed E-state index contributed by atoms with van der Waals surface area (Å²) in [6, 6.07) is 2.20. The number of nitrogens with zero attached hydrogens (tertiary/aromatic N) is 5. The topological polar surface area (TPSA) is 129 Å². The highest BCUT2D eigenvalue weighted by Gasteiger charge is 2.53. The van der Waals surface area contributed by atoms with Gasteiger partial charge in [0.2, 0.25) is 5.91 Å². The Morgan fingerprint density at radius 1 is 1.25 bits per heavy atom. The molecule has 32 heavy (non-hydrogen) atoms. The van der Waals surface area contributed by atoms with Crippen LogP contribution in [0.3, 0.4) is 0 Å². The first-order valence-electron chi connectivity index (χ1n) is 11.3. The molecule has 2 aromatic rings. The first-order chi connectivity index (χ1) is 15.7. The fourth-order valence-electron chi connectivity index (χ4n) is 5.59. The van der Waals surface area contributed by atoms with Crippen LogP contribution in [-0.2, 0) is 16.1 Å². The molecule has 1 saturated carbocycles. The molecule has 3 aliphatic rings. The summed E-state index contributed by atoms with van der Waals surface area (Å²) in [4.78, 5) is 30.9. The number of H-pyrrole nitrogens is 1. The van der Waals surface area contributed by atoms with Crippen LogP contribution < -0.4 is 5.32 Å². The molecule has 3 atom stereocenters. The molecule has 2 amide bonds. The second-order valence-electron chi connectivity index (χ2n) is 8.97. The van der Waals surface area contributed by atoms with Crippen molar-refractivity contribution < 1.29 is 18.8 Å². The maximum Gasteiger partial charge on any atom is 0.276 e. The van der Waals surface area contributed by atoms with Gasteiger partial charge in [0.05, 0.1) is 31.4 Å². The Hall–Kier alpha value is -2.79. The summed E-state index contributed by atoms with van der Waals surface area (Å²) in [6.45, 7) is 4.75. The molecular formula is C21H29N7O4. The molecule has 172 valence electrons. The maximum atomic E-state index is 13.6. The number of hydrogen-bond acceptors (Lipinski definition) is 8. The zero-order chi connectivity index (χ0) is 22.0. The Bertz CT molecular complexity index is 913. The second kappa shape index (κ2) is 8.99. The molecule has 2 saturated heterocycles. The predicted molar refractivity (Wildman–Crippen MR) is 111 cm³/mol. The first-order valence-corrected chi connectivity index (χ1v) is 11.3. The Morgan fingerprint density at radius 3 is 2.88 bits per heavy atom. The first kappa shape index (κ1) is 21.1. The number of ether oxygens (including phenoxy) is 1. The van der Waals surface area contributed by atoms with E-state index in [1.54, 1.807) is 11.0 Å². The number of carbonyl (C=O) groups is 2. The van der Waals surface area contributed by atoms with E-state index in [4.69, 9.17) is 9.26 Å². The van der Waals surface area contributed by atoms with Crippen LogP contribution in [0.4, 0.5) is 0 Å². The van der Waals surface area contributed by atoms with Crippen LogP contribution in [-0.4, -0.2) is 87.6 Å². The number of piperidine rings is 1. The van der Waals surface area contributed by atoms with Crippen molar-refractivity contribution in [2.75, 3.05) is 39.4 Å². The van der Waals surface area contributed by atoms with Crippen LogP contribution >= 0.6 is 0 Å². The molecule has 3 fully saturated rings. The lowest BCUT2D eigenvalue weighted by Gasteiger charge is -2.53. The standard InChI is InChI=1S/C21H29N7O4/c29-19(18-13-23-26-24-18)28-5-2-15-11-17(27-6-9-31-10-7-27)1-4-21(15,14-28)20(30)22-12-16-3-8-32-25-16/h3,8,13,15,17H,1-2,4-7,9-12,14H2,(H,22,30)(H,23,24,26)/t15-,17+,21-/m1/s1. The van der Waals surface area contributed by atoms with Gasteiger partial charge in [-0.2, -0.15) is 15.4 Å². The van der Waals surface area contributed by atoms with E-state index < -0.39 is 5.41 Å². The number of carbonyl (C=O) groups excluding carboxylic acids is 2. The van der Waals surface area contributed by atoms with E-state index in [2.05, 4.69) is 30.8 Å². The zero-order valence-electron chi connectivity index (χ0n) is 18.0. The van der Waals surface area contributed by atoms with Crippen molar-refractivity contribution in [1.82, 2.24) is 35.7 Å². The third-order valence-electron chi connectivity index (χ3n) is 7.34. The Balaban J connectivity index is 1.34. The lowest BCUT2D eigenvalue weighted by atomic mass is 9.60. The summed E-state index contributed by atoms with van der Waals surface area (Å²) in [5.41, 5.74) is 0.340. The van der Waals surface area contributed by atoms with E-state index in [0.717, 1.165) is 52.0 Å². The van der Waals surface area contributed by atoms with Crippen LogP contribution in [0.15, 0.2) is 23.0 Å². The minimum Gasteiger partial charge on any atom is -0.379 e. The van der Waals surface area contributed by atoms with E-state index in [0.29, 0.717) is 31.4 Å². The molecule has 0 radical (unpaired) electrons. The fourth-order valence-corrected chi connectivity index (χ4v) is 5.59. The lowest BCUT2D eigenvalue weighted by Crippen LogP contribution is -2.61. The van der Waals surface area contributed by atoms with Crippen LogP contribution in [0.1, 0.15) is 41.9 Å². The number of nitrogens with one attached hydrogen (secondary N) is 2. The van der Waals surface area contributed by atoms with Crippen molar-refractivity contribution >= 4 is 11.8 Å². The quantitative estimate of drug-likeness (QED) is 0.681. The molecule has 0 unspecified atom stereocenters. The highest BCUT2D eigenvalue weighted by atomic mass is 16.5. The Labute approximate surface area is 185 Å². The lowest BCUT2D eigenvalue weighted by molar-refractivity contribution is -0.143. The number of aromatic amines is 1. The average molecular weight is 444 g/mol. The van der Waals surface area contributed by atoms with E-state index in [-0.39, 0.29) is 23.4 Å². The Kier molecular flexibility index (Phi) is 5.92. The van der Waals surface area contributed by atoms with Crippen LogP contribution in [0.2, 0.25) is 0 Å². The van der Waals surface area contributed by atoms with Crippen molar-refractivity contribution in [1.29, 1.82) is 0 Å². The summed E-state index contributed by atoms with van der Waals surface area (Å²) in [5.74, 6) is 0.0162. The highest BCUT2D eigenvalue weighted by molar-refractivity contribution is 5.93. The summed E-state index contributed by atoms with van der Waals surface area (Å²) in [7, 11) is 0. The van der Waals surface area contributed by atoms with Crippen LogP contribution in [0.25, 0.3) is 0 Å². The van der Waals surface area contributed by atoms with Crippen molar-refractivity contribution in [2.24, 2.45) is 11.3 Å². The molecule has 11 heteroatoms. The normalized spacial score (nSPS) is 28.8. The molecule has 2 aromatic heterocycles. The van der Waals surface area contributed by atoms with Gasteiger partial charge in [0.1, 0.15) is 12.0 Å². The van der Waals surface area contributed by atoms with Crippen molar-refractivity contribution in [3.05, 3.63) is 29.9 Å². The number of fused-ring (bicyclic) bond motifs is 1. The molecule has 0 bridgehead atoms. The van der Waals surface area contributed by atoms with Crippen LogP contribution in [0.5, 0.6) is 0 Å². The number of likely N-dealkylation sites (tertiary alicyclic amines) is 1. The molecule has 0 spiro atoms. The fraction of sp³-hybridized carbons (Fsp3) is 0.667. The second-order valence-corrected chi connectivity index (χ2v) is 8.97. The Morgan fingerprint density at radius 2 is 2.12 bits per heavy atom. The van der Waals surface area contributed by atoms with E-state index in [1.165, 1.54) is 12.5 Å². The van der Waals surface area contributed by atoms with Crippen molar-refractivity contribution in [3.8, 4) is 0 Å². The predicted octanol–water partition coefficient (Wildman–Crippen LogP) is 0.442.